The van der Waals surface area contributed by atoms with Gasteiger partial charge in [0, 0.05) is 11.6 Å². The standard InChI is InChI=1S/C16H18FN/c1-3-12(13-6-4-5-7-15(13)17)14-10-11(2)8-9-16(14)18/h4-10,12H,3,18H2,1-2H3. The lowest BCUT2D eigenvalue weighted by molar-refractivity contribution is 0.592. The zero-order chi connectivity index (χ0) is 13.1. The van der Waals surface area contributed by atoms with Crippen LogP contribution in [0.4, 0.5) is 10.1 Å². The van der Waals surface area contributed by atoms with Crippen molar-refractivity contribution < 1.29 is 4.39 Å². The van der Waals surface area contributed by atoms with E-state index < -0.39 is 0 Å². The predicted octanol–water partition coefficient (Wildman–Crippen LogP) is 4.26. The van der Waals surface area contributed by atoms with E-state index in [4.69, 9.17) is 5.73 Å². The molecule has 0 saturated carbocycles. The van der Waals surface area contributed by atoms with E-state index in [0.29, 0.717) is 0 Å². The molecule has 2 aromatic rings. The molecule has 0 saturated heterocycles. The molecule has 0 aliphatic carbocycles. The zero-order valence-electron chi connectivity index (χ0n) is 10.8. The van der Waals surface area contributed by atoms with E-state index in [1.54, 1.807) is 6.07 Å². The third-order valence-electron chi connectivity index (χ3n) is 3.31. The quantitative estimate of drug-likeness (QED) is 0.801. The second-order valence-corrected chi connectivity index (χ2v) is 4.61. The first-order valence-electron chi connectivity index (χ1n) is 6.24. The molecule has 2 heteroatoms. The van der Waals surface area contributed by atoms with Crippen LogP contribution in [0.1, 0.15) is 36.0 Å². The fourth-order valence-electron chi connectivity index (χ4n) is 2.36. The number of anilines is 1. The molecule has 1 atom stereocenters. The van der Waals surface area contributed by atoms with Gasteiger partial charge in [-0.05, 0) is 36.6 Å². The van der Waals surface area contributed by atoms with Gasteiger partial charge in [0.2, 0.25) is 0 Å². The Hall–Kier alpha value is -1.83. The van der Waals surface area contributed by atoms with Gasteiger partial charge in [-0.2, -0.15) is 0 Å². The molecule has 1 nitrogen and oxygen atoms in total. The van der Waals surface area contributed by atoms with Crippen LogP contribution in [0.25, 0.3) is 0 Å². The van der Waals surface area contributed by atoms with Crippen molar-refractivity contribution in [3.8, 4) is 0 Å². The first-order valence-corrected chi connectivity index (χ1v) is 6.24. The highest BCUT2D eigenvalue weighted by Gasteiger charge is 2.18. The maximum Gasteiger partial charge on any atom is 0.127 e. The van der Waals surface area contributed by atoms with Crippen LogP contribution in [0, 0.1) is 12.7 Å². The van der Waals surface area contributed by atoms with Crippen LogP contribution in [0.3, 0.4) is 0 Å². The Morgan fingerprint density at radius 2 is 1.83 bits per heavy atom. The molecule has 0 fully saturated rings. The van der Waals surface area contributed by atoms with Gasteiger partial charge in [-0.1, -0.05) is 42.8 Å². The van der Waals surface area contributed by atoms with Crippen molar-refractivity contribution in [2.45, 2.75) is 26.2 Å². The molecule has 0 spiro atoms. The smallest absolute Gasteiger partial charge is 0.127 e. The van der Waals surface area contributed by atoms with Crippen LogP contribution in [0.5, 0.6) is 0 Å². The lowest BCUT2D eigenvalue weighted by atomic mass is 9.87. The van der Waals surface area contributed by atoms with Crippen molar-refractivity contribution in [2.75, 3.05) is 5.73 Å². The minimum absolute atomic E-state index is 0.0195. The number of halogens is 1. The first kappa shape index (κ1) is 12.6. The van der Waals surface area contributed by atoms with Gasteiger partial charge in [0.1, 0.15) is 5.82 Å². The van der Waals surface area contributed by atoms with Crippen molar-refractivity contribution in [2.24, 2.45) is 0 Å². The van der Waals surface area contributed by atoms with Crippen LogP contribution in [-0.4, -0.2) is 0 Å². The fourth-order valence-corrected chi connectivity index (χ4v) is 2.36. The lowest BCUT2D eigenvalue weighted by Gasteiger charge is -2.19. The molecular formula is C16H18FN. The third kappa shape index (κ3) is 2.37. The number of benzene rings is 2. The lowest BCUT2D eigenvalue weighted by Crippen LogP contribution is -2.06. The minimum Gasteiger partial charge on any atom is -0.398 e. The highest BCUT2D eigenvalue weighted by atomic mass is 19.1. The molecule has 0 heterocycles. The molecule has 94 valence electrons. The molecule has 2 aromatic carbocycles. The molecule has 0 aliphatic rings. The monoisotopic (exact) mass is 243 g/mol. The average molecular weight is 243 g/mol. The van der Waals surface area contributed by atoms with Crippen molar-refractivity contribution in [3.63, 3.8) is 0 Å². The highest BCUT2D eigenvalue weighted by molar-refractivity contribution is 5.53. The highest BCUT2D eigenvalue weighted by Crippen LogP contribution is 2.33. The van der Waals surface area contributed by atoms with Crippen molar-refractivity contribution in [1.29, 1.82) is 0 Å². The molecule has 0 aromatic heterocycles. The molecule has 0 bridgehead atoms. The Morgan fingerprint density at radius 1 is 1.11 bits per heavy atom. The number of rotatable bonds is 3. The summed E-state index contributed by atoms with van der Waals surface area (Å²) in [6.45, 7) is 4.08. The van der Waals surface area contributed by atoms with E-state index in [2.05, 4.69) is 13.0 Å². The summed E-state index contributed by atoms with van der Waals surface area (Å²) in [7, 11) is 0. The maximum atomic E-state index is 13.9. The van der Waals surface area contributed by atoms with Crippen LogP contribution < -0.4 is 5.73 Å². The van der Waals surface area contributed by atoms with Crippen molar-refractivity contribution in [3.05, 3.63) is 65.0 Å². The van der Waals surface area contributed by atoms with Gasteiger partial charge in [-0.15, -0.1) is 0 Å². The first-order chi connectivity index (χ1) is 8.63. The summed E-state index contributed by atoms with van der Waals surface area (Å²) in [5.41, 5.74) is 9.65. The Balaban J connectivity index is 2.52. The molecule has 0 aliphatic heterocycles. The summed E-state index contributed by atoms with van der Waals surface area (Å²) in [6.07, 6.45) is 0.828. The Labute approximate surface area is 107 Å². The van der Waals surface area contributed by atoms with Crippen LogP contribution >= 0.6 is 0 Å². The second kappa shape index (κ2) is 5.21. The predicted molar refractivity (Wildman–Crippen MR) is 74.1 cm³/mol. The van der Waals surface area contributed by atoms with E-state index in [0.717, 1.165) is 28.8 Å². The van der Waals surface area contributed by atoms with E-state index >= 15 is 0 Å². The van der Waals surface area contributed by atoms with Crippen LogP contribution in [0.15, 0.2) is 42.5 Å². The SMILES string of the molecule is CCC(c1cc(C)ccc1N)c1ccccc1F. The fraction of sp³-hybridized carbons (Fsp3) is 0.250. The number of hydrogen-bond donors (Lipinski definition) is 1. The molecule has 0 amide bonds. The van der Waals surface area contributed by atoms with Crippen molar-refractivity contribution in [1.82, 2.24) is 0 Å². The Morgan fingerprint density at radius 3 is 2.50 bits per heavy atom. The van der Waals surface area contributed by atoms with E-state index in [-0.39, 0.29) is 11.7 Å². The van der Waals surface area contributed by atoms with Gasteiger partial charge in [-0.3, -0.25) is 0 Å². The van der Waals surface area contributed by atoms with E-state index in [9.17, 15) is 4.39 Å². The third-order valence-corrected chi connectivity index (χ3v) is 3.31. The van der Waals surface area contributed by atoms with E-state index in [1.807, 2.05) is 31.2 Å². The number of aryl methyl sites for hydroxylation is 1. The zero-order valence-corrected chi connectivity index (χ0v) is 10.8. The van der Waals surface area contributed by atoms with Gasteiger partial charge in [0.05, 0.1) is 0 Å². The average Bonchev–Trinajstić information content (AvgIpc) is 2.36. The van der Waals surface area contributed by atoms with Gasteiger partial charge >= 0.3 is 0 Å². The van der Waals surface area contributed by atoms with Gasteiger partial charge in [0.25, 0.3) is 0 Å². The summed E-state index contributed by atoms with van der Waals surface area (Å²) >= 11 is 0. The molecule has 0 radical (unpaired) electrons. The number of nitrogen functional groups attached to an aromatic ring is 1. The normalized spacial score (nSPS) is 12.4. The molecule has 2 rings (SSSR count). The Kier molecular flexibility index (Phi) is 3.66. The van der Waals surface area contributed by atoms with Crippen molar-refractivity contribution >= 4 is 5.69 Å². The summed E-state index contributed by atoms with van der Waals surface area (Å²) in [5, 5.41) is 0. The molecule has 2 N–H and O–H groups in total. The van der Waals surface area contributed by atoms with Crippen LogP contribution in [0.2, 0.25) is 0 Å². The summed E-state index contributed by atoms with van der Waals surface area (Å²) in [5.74, 6) is -0.142. The summed E-state index contributed by atoms with van der Waals surface area (Å²) < 4.78 is 13.9. The van der Waals surface area contributed by atoms with Gasteiger partial charge in [-0.25, -0.2) is 4.39 Å². The summed E-state index contributed by atoms with van der Waals surface area (Å²) in [4.78, 5) is 0. The minimum atomic E-state index is -0.162. The molecular weight excluding hydrogens is 225 g/mol. The van der Waals surface area contributed by atoms with Gasteiger partial charge < -0.3 is 5.73 Å². The number of hydrogen-bond acceptors (Lipinski definition) is 1. The molecule has 1 unspecified atom stereocenters. The molecule has 18 heavy (non-hydrogen) atoms. The van der Waals surface area contributed by atoms with E-state index in [1.165, 1.54) is 6.07 Å². The van der Waals surface area contributed by atoms with Gasteiger partial charge in [0.15, 0.2) is 0 Å². The largest absolute Gasteiger partial charge is 0.398 e. The number of nitrogens with two attached hydrogens (primary N) is 1. The second-order valence-electron chi connectivity index (χ2n) is 4.61. The van der Waals surface area contributed by atoms with Crippen LogP contribution in [-0.2, 0) is 0 Å². The Bertz CT molecular complexity index is 549. The summed E-state index contributed by atoms with van der Waals surface area (Å²) in [6, 6.07) is 12.9. The topological polar surface area (TPSA) is 26.0 Å². The maximum absolute atomic E-state index is 13.9.